The number of rotatable bonds is 10. The molecule has 9 nitrogen and oxygen atoms in total. The standard InChI is InChI=1S/C16H28N4O5S2/c1-8(2)12(16(24)25)20-15(23)11(7-27)19-14(22)10(6-26)18-13(21)9-4-3-5-17-9/h8-12,17,26-27H,3-7H2,1-2H3,(H,18,21)(H,19,22)(H,20,23)(H,24,25). The van der Waals surface area contributed by atoms with Crippen LogP contribution in [0.4, 0.5) is 0 Å². The average molecular weight is 421 g/mol. The summed E-state index contributed by atoms with van der Waals surface area (Å²) in [5, 5.41) is 19.7. The number of thiol groups is 2. The van der Waals surface area contributed by atoms with Crippen LogP contribution in [-0.2, 0) is 19.2 Å². The molecule has 0 radical (unpaired) electrons. The summed E-state index contributed by atoms with van der Waals surface area (Å²) in [5.74, 6) is -2.99. The predicted octanol–water partition coefficient (Wildman–Crippen LogP) is -1.21. The minimum Gasteiger partial charge on any atom is -0.480 e. The maximum atomic E-state index is 12.4. The van der Waals surface area contributed by atoms with Crippen molar-refractivity contribution in [3.63, 3.8) is 0 Å². The van der Waals surface area contributed by atoms with Crippen LogP contribution in [0.1, 0.15) is 26.7 Å². The SMILES string of the molecule is CC(C)C(NC(=O)C(CS)NC(=O)C(CS)NC(=O)C1CCCN1)C(=O)O. The maximum Gasteiger partial charge on any atom is 0.326 e. The number of carboxylic acid groups (broad SMARTS) is 1. The van der Waals surface area contributed by atoms with E-state index in [1.54, 1.807) is 13.8 Å². The van der Waals surface area contributed by atoms with E-state index in [1.807, 2.05) is 0 Å². The van der Waals surface area contributed by atoms with Gasteiger partial charge in [-0.25, -0.2) is 4.79 Å². The van der Waals surface area contributed by atoms with Gasteiger partial charge in [-0.1, -0.05) is 13.8 Å². The summed E-state index contributed by atoms with van der Waals surface area (Å²) < 4.78 is 0. The third kappa shape index (κ3) is 7.23. The molecule has 0 aromatic carbocycles. The molecule has 1 rings (SSSR count). The van der Waals surface area contributed by atoms with Crippen LogP contribution in [0.2, 0.25) is 0 Å². The molecule has 4 atom stereocenters. The number of nitrogens with one attached hydrogen (secondary N) is 4. The van der Waals surface area contributed by atoms with Crippen LogP contribution >= 0.6 is 25.3 Å². The maximum absolute atomic E-state index is 12.4. The van der Waals surface area contributed by atoms with Gasteiger partial charge in [0, 0.05) is 11.5 Å². The first-order valence-electron chi connectivity index (χ1n) is 8.80. The molecule has 1 heterocycles. The molecule has 4 unspecified atom stereocenters. The lowest BCUT2D eigenvalue weighted by atomic mass is 10.0. The molecule has 3 amide bonds. The molecule has 154 valence electrons. The van der Waals surface area contributed by atoms with Gasteiger partial charge in [0.2, 0.25) is 17.7 Å². The Kier molecular flexibility index (Phi) is 9.95. The van der Waals surface area contributed by atoms with Crippen LogP contribution < -0.4 is 21.3 Å². The number of hydrogen-bond acceptors (Lipinski definition) is 7. The van der Waals surface area contributed by atoms with Crippen molar-refractivity contribution < 1.29 is 24.3 Å². The smallest absolute Gasteiger partial charge is 0.326 e. The van der Waals surface area contributed by atoms with Crippen LogP contribution in [0.25, 0.3) is 0 Å². The number of aliphatic carboxylic acids is 1. The summed E-state index contributed by atoms with van der Waals surface area (Å²) in [5.41, 5.74) is 0. The Morgan fingerprint density at radius 1 is 1.04 bits per heavy atom. The molecule has 1 fully saturated rings. The van der Waals surface area contributed by atoms with Crippen molar-refractivity contribution in [1.29, 1.82) is 0 Å². The lowest BCUT2D eigenvalue weighted by Crippen LogP contribution is -2.58. The highest BCUT2D eigenvalue weighted by Crippen LogP contribution is 2.06. The fourth-order valence-electron chi connectivity index (χ4n) is 2.61. The Balaban J connectivity index is 2.67. The Hall–Kier alpha value is -1.46. The lowest BCUT2D eigenvalue weighted by molar-refractivity contribution is -0.143. The molecule has 11 heteroatoms. The second-order valence-electron chi connectivity index (χ2n) is 6.70. The van der Waals surface area contributed by atoms with Gasteiger partial charge in [0.05, 0.1) is 6.04 Å². The van der Waals surface area contributed by atoms with E-state index in [1.165, 1.54) is 0 Å². The van der Waals surface area contributed by atoms with Crippen molar-refractivity contribution in [3.05, 3.63) is 0 Å². The number of hydrogen-bond donors (Lipinski definition) is 7. The second kappa shape index (κ2) is 11.4. The Morgan fingerprint density at radius 2 is 1.59 bits per heavy atom. The van der Waals surface area contributed by atoms with Crippen LogP contribution in [-0.4, -0.2) is 71.0 Å². The number of carboxylic acids is 1. The molecule has 0 aliphatic carbocycles. The first-order chi connectivity index (χ1) is 12.7. The van der Waals surface area contributed by atoms with Gasteiger partial charge in [0.15, 0.2) is 0 Å². The van der Waals surface area contributed by atoms with Gasteiger partial charge in [-0.15, -0.1) is 0 Å². The van der Waals surface area contributed by atoms with Crippen LogP contribution in [0, 0.1) is 5.92 Å². The Bertz CT molecular complexity index is 555. The zero-order chi connectivity index (χ0) is 20.6. The number of amides is 3. The van der Waals surface area contributed by atoms with Gasteiger partial charge in [-0.3, -0.25) is 14.4 Å². The molecule has 0 spiro atoms. The van der Waals surface area contributed by atoms with E-state index in [-0.39, 0.29) is 29.4 Å². The summed E-state index contributed by atoms with van der Waals surface area (Å²) >= 11 is 8.15. The van der Waals surface area contributed by atoms with E-state index in [4.69, 9.17) is 0 Å². The molecule has 1 aliphatic rings. The Labute approximate surface area is 169 Å². The van der Waals surface area contributed by atoms with E-state index in [0.717, 1.165) is 13.0 Å². The third-order valence-electron chi connectivity index (χ3n) is 4.24. The second-order valence-corrected chi connectivity index (χ2v) is 7.44. The predicted molar refractivity (Wildman–Crippen MR) is 107 cm³/mol. The molecular formula is C16H28N4O5S2. The number of carbonyl (C=O) groups excluding carboxylic acids is 3. The third-order valence-corrected chi connectivity index (χ3v) is 4.97. The van der Waals surface area contributed by atoms with E-state index in [9.17, 15) is 24.3 Å². The van der Waals surface area contributed by atoms with Gasteiger partial charge >= 0.3 is 5.97 Å². The van der Waals surface area contributed by atoms with Crippen molar-refractivity contribution in [2.45, 2.75) is 50.9 Å². The van der Waals surface area contributed by atoms with Gasteiger partial charge < -0.3 is 26.4 Å². The van der Waals surface area contributed by atoms with Crippen molar-refractivity contribution >= 4 is 48.9 Å². The summed E-state index contributed by atoms with van der Waals surface area (Å²) in [6.45, 7) is 4.08. The first-order valence-corrected chi connectivity index (χ1v) is 10.1. The fraction of sp³-hybridized carbons (Fsp3) is 0.750. The van der Waals surface area contributed by atoms with Gasteiger partial charge in [-0.05, 0) is 25.3 Å². The first kappa shape index (κ1) is 23.6. The zero-order valence-electron chi connectivity index (χ0n) is 15.4. The molecule has 0 aromatic rings. The van der Waals surface area contributed by atoms with Gasteiger partial charge in [0.1, 0.15) is 18.1 Å². The van der Waals surface area contributed by atoms with E-state index < -0.39 is 35.9 Å². The van der Waals surface area contributed by atoms with Gasteiger partial charge in [0.25, 0.3) is 0 Å². The Morgan fingerprint density at radius 3 is 2.04 bits per heavy atom. The minimum atomic E-state index is -1.16. The normalized spacial score (nSPS) is 19.8. The highest BCUT2D eigenvalue weighted by molar-refractivity contribution is 7.80. The molecule has 0 bridgehead atoms. The summed E-state index contributed by atoms with van der Waals surface area (Å²) in [4.78, 5) is 48.1. The van der Waals surface area contributed by atoms with E-state index in [0.29, 0.717) is 6.42 Å². The van der Waals surface area contributed by atoms with Crippen molar-refractivity contribution in [2.24, 2.45) is 5.92 Å². The van der Waals surface area contributed by atoms with Crippen LogP contribution in [0.3, 0.4) is 0 Å². The van der Waals surface area contributed by atoms with Gasteiger partial charge in [-0.2, -0.15) is 25.3 Å². The quantitative estimate of drug-likeness (QED) is 0.222. The highest BCUT2D eigenvalue weighted by Gasteiger charge is 2.31. The molecular weight excluding hydrogens is 392 g/mol. The van der Waals surface area contributed by atoms with Crippen LogP contribution in [0.15, 0.2) is 0 Å². The summed E-state index contributed by atoms with van der Waals surface area (Å²) in [6, 6.07) is -3.37. The minimum absolute atomic E-state index is 0.0283. The molecule has 5 N–H and O–H groups in total. The highest BCUT2D eigenvalue weighted by atomic mass is 32.1. The molecule has 0 saturated carbocycles. The monoisotopic (exact) mass is 420 g/mol. The van der Waals surface area contributed by atoms with Crippen molar-refractivity contribution in [2.75, 3.05) is 18.1 Å². The topological polar surface area (TPSA) is 137 Å². The zero-order valence-corrected chi connectivity index (χ0v) is 17.2. The lowest BCUT2D eigenvalue weighted by Gasteiger charge is -2.24. The van der Waals surface area contributed by atoms with E-state index in [2.05, 4.69) is 46.5 Å². The average Bonchev–Trinajstić information content (AvgIpc) is 3.15. The summed E-state index contributed by atoms with van der Waals surface area (Å²) in [6.07, 6.45) is 1.58. The summed E-state index contributed by atoms with van der Waals surface area (Å²) in [7, 11) is 0. The van der Waals surface area contributed by atoms with Crippen LogP contribution in [0.5, 0.6) is 0 Å². The van der Waals surface area contributed by atoms with E-state index >= 15 is 0 Å². The molecule has 0 aromatic heterocycles. The van der Waals surface area contributed by atoms with Crippen molar-refractivity contribution in [3.8, 4) is 0 Å². The number of carbonyl (C=O) groups is 4. The van der Waals surface area contributed by atoms with Crippen molar-refractivity contribution in [1.82, 2.24) is 21.3 Å². The molecule has 1 aliphatic heterocycles. The largest absolute Gasteiger partial charge is 0.480 e. The fourth-order valence-corrected chi connectivity index (χ4v) is 3.12. The molecule has 1 saturated heterocycles. The molecule has 27 heavy (non-hydrogen) atoms.